The molecule has 0 unspecified atom stereocenters. The number of methoxy groups -OCH3 is 3. The Morgan fingerprint density at radius 3 is 2.47 bits per heavy atom. The summed E-state index contributed by atoms with van der Waals surface area (Å²) in [6.07, 6.45) is -0.771. The molecule has 9 heteroatoms. The lowest BCUT2D eigenvalue weighted by Gasteiger charge is -2.48. The first kappa shape index (κ1) is 27.4. The Morgan fingerprint density at radius 1 is 1.22 bits per heavy atom. The standard InChI is InChI=1S/C23H43NO8/c1-14-8-9-23(30-7,32-15(14)2)20(26)21(27)24-12-17-11-18(29-6)22(3,4)19(31-17)10-16(25)13-28-5/h14-20,25-26H,8-13H2,1-7H3,(H,24,27)/t14-,15-,16+,17+,18-,19-,20-,23-/m1/s1. The third-order valence-electron chi connectivity index (χ3n) is 7.27. The van der Waals surface area contributed by atoms with Gasteiger partial charge >= 0.3 is 0 Å². The highest BCUT2D eigenvalue weighted by Crippen LogP contribution is 2.40. The van der Waals surface area contributed by atoms with Crippen LogP contribution in [0.25, 0.3) is 0 Å². The highest BCUT2D eigenvalue weighted by atomic mass is 16.7. The maximum Gasteiger partial charge on any atom is 0.254 e. The molecule has 0 aliphatic carbocycles. The van der Waals surface area contributed by atoms with E-state index in [1.165, 1.54) is 7.11 Å². The normalized spacial score (nSPS) is 37.0. The van der Waals surface area contributed by atoms with Gasteiger partial charge in [-0.05, 0) is 19.3 Å². The van der Waals surface area contributed by atoms with Crippen LogP contribution in [-0.4, -0.2) is 93.0 Å². The smallest absolute Gasteiger partial charge is 0.254 e. The molecule has 188 valence electrons. The molecule has 8 atom stereocenters. The molecule has 0 aromatic heterocycles. The first-order valence-electron chi connectivity index (χ1n) is 11.5. The summed E-state index contributed by atoms with van der Waals surface area (Å²) in [4.78, 5) is 12.8. The van der Waals surface area contributed by atoms with Crippen LogP contribution in [0.2, 0.25) is 0 Å². The highest BCUT2D eigenvalue weighted by Gasteiger charge is 2.49. The zero-order chi connectivity index (χ0) is 24.1. The van der Waals surface area contributed by atoms with Crippen LogP contribution in [0.1, 0.15) is 53.4 Å². The van der Waals surface area contributed by atoms with Gasteiger partial charge in [0.05, 0.1) is 37.1 Å². The number of hydrogen-bond acceptors (Lipinski definition) is 8. The van der Waals surface area contributed by atoms with Gasteiger partial charge in [-0.25, -0.2) is 0 Å². The van der Waals surface area contributed by atoms with E-state index >= 15 is 0 Å². The van der Waals surface area contributed by atoms with E-state index in [2.05, 4.69) is 26.1 Å². The molecule has 3 N–H and O–H groups in total. The molecule has 32 heavy (non-hydrogen) atoms. The lowest BCUT2D eigenvalue weighted by atomic mass is 9.74. The number of aliphatic hydroxyl groups is 2. The van der Waals surface area contributed by atoms with Crippen molar-refractivity contribution in [3.63, 3.8) is 0 Å². The van der Waals surface area contributed by atoms with Crippen molar-refractivity contribution in [2.24, 2.45) is 11.3 Å². The molecule has 0 aromatic carbocycles. The average molecular weight is 462 g/mol. The van der Waals surface area contributed by atoms with Crippen LogP contribution in [0, 0.1) is 11.3 Å². The minimum atomic E-state index is -1.46. The minimum Gasteiger partial charge on any atom is -0.391 e. The summed E-state index contributed by atoms with van der Waals surface area (Å²) >= 11 is 0. The van der Waals surface area contributed by atoms with Crippen molar-refractivity contribution in [1.82, 2.24) is 5.32 Å². The fourth-order valence-electron chi connectivity index (χ4n) is 4.74. The molecule has 2 aliphatic heterocycles. The number of carbonyl (C=O) groups is 1. The first-order valence-corrected chi connectivity index (χ1v) is 11.5. The van der Waals surface area contributed by atoms with Gasteiger partial charge in [0, 0.05) is 52.6 Å². The summed E-state index contributed by atoms with van der Waals surface area (Å²) in [6, 6.07) is 0. The molecule has 0 spiro atoms. The van der Waals surface area contributed by atoms with Crippen molar-refractivity contribution >= 4 is 5.91 Å². The monoisotopic (exact) mass is 461 g/mol. The second-order valence-electron chi connectivity index (χ2n) is 9.88. The largest absolute Gasteiger partial charge is 0.391 e. The van der Waals surface area contributed by atoms with Crippen LogP contribution in [0.15, 0.2) is 0 Å². The summed E-state index contributed by atoms with van der Waals surface area (Å²) in [5, 5.41) is 23.8. The van der Waals surface area contributed by atoms with E-state index in [-0.39, 0.29) is 43.0 Å². The quantitative estimate of drug-likeness (QED) is 0.445. The fraction of sp³-hybridized carbons (Fsp3) is 0.957. The second kappa shape index (κ2) is 11.6. The SMILES string of the molecule is COC[C@@H](O)C[C@H]1O[C@H](CNC(=O)[C@@H](O)[C@@]2(OC)CC[C@@H](C)[C@@H](C)O2)C[C@@H](OC)C1(C)C. The number of rotatable bonds is 10. The summed E-state index contributed by atoms with van der Waals surface area (Å²) in [5.74, 6) is -1.59. The molecule has 2 heterocycles. The zero-order valence-corrected chi connectivity index (χ0v) is 20.6. The van der Waals surface area contributed by atoms with Crippen LogP contribution in [0.5, 0.6) is 0 Å². The number of amides is 1. The Kier molecular flexibility index (Phi) is 9.90. The van der Waals surface area contributed by atoms with E-state index in [1.807, 2.05) is 6.92 Å². The number of aliphatic hydroxyl groups excluding tert-OH is 2. The Hall–Kier alpha value is -0.810. The molecule has 1 amide bonds. The van der Waals surface area contributed by atoms with E-state index in [4.69, 9.17) is 23.7 Å². The molecular formula is C23H43NO8. The molecule has 2 fully saturated rings. The van der Waals surface area contributed by atoms with Crippen molar-refractivity contribution in [1.29, 1.82) is 0 Å². The summed E-state index contributed by atoms with van der Waals surface area (Å²) < 4.78 is 28.4. The van der Waals surface area contributed by atoms with Crippen molar-refractivity contribution in [2.45, 2.75) is 95.8 Å². The maximum absolute atomic E-state index is 12.8. The Bertz CT molecular complexity index is 603. The Labute approximate surface area is 192 Å². The second-order valence-corrected chi connectivity index (χ2v) is 9.88. The van der Waals surface area contributed by atoms with Crippen LogP contribution >= 0.6 is 0 Å². The van der Waals surface area contributed by atoms with Gasteiger partial charge in [0.15, 0.2) is 6.10 Å². The Balaban J connectivity index is 2.01. The third-order valence-corrected chi connectivity index (χ3v) is 7.27. The number of ether oxygens (including phenoxy) is 5. The first-order chi connectivity index (χ1) is 15.0. The average Bonchev–Trinajstić information content (AvgIpc) is 2.75. The predicted octanol–water partition coefficient (Wildman–Crippen LogP) is 1.24. The molecule has 0 bridgehead atoms. The maximum atomic E-state index is 12.8. The molecular weight excluding hydrogens is 418 g/mol. The van der Waals surface area contributed by atoms with Crippen LogP contribution < -0.4 is 5.32 Å². The molecule has 9 nitrogen and oxygen atoms in total. The van der Waals surface area contributed by atoms with Gasteiger partial charge in [-0.15, -0.1) is 0 Å². The van der Waals surface area contributed by atoms with Gasteiger partial charge in [0.1, 0.15) is 0 Å². The van der Waals surface area contributed by atoms with Crippen molar-refractivity contribution in [3.05, 3.63) is 0 Å². The van der Waals surface area contributed by atoms with E-state index in [1.54, 1.807) is 14.2 Å². The van der Waals surface area contributed by atoms with Gasteiger partial charge in [-0.2, -0.15) is 0 Å². The van der Waals surface area contributed by atoms with Crippen LogP contribution in [0.4, 0.5) is 0 Å². The summed E-state index contributed by atoms with van der Waals surface area (Å²) in [7, 11) is 4.65. The van der Waals surface area contributed by atoms with Crippen molar-refractivity contribution < 1.29 is 38.7 Å². The number of nitrogens with one attached hydrogen (secondary N) is 1. The zero-order valence-electron chi connectivity index (χ0n) is 20.6. The van der Waals surface area contributed by atoms with E-state index in [0.29, 0.717) is 25.2 Å². The number of hydrogen-bond donors (Lipinski definition) is 3. The highest BCUT2D eigenvalue weighted by molar-refractivity contribution is 5.81. The van der Waals surface area contributed by atoms with Gasteiger partial charge in [0.25, 0.3) is 5.91 Å². The van der Waals surface area contributed by atoms with Crippen LogP contribution in [0.3, 0.4) is 0 Å². The van der Waals surface area contributed by atoms with Gasteiger partial charge in [-0.3, -0.25) is 4.79 Å². The minimum absolute atomic E-state index is 0.114. The Morgan fingerprint density at radius 2 is 1.91 bits per heavy atom. The van der Waals surface area contributed by atoms with E-state index in [0.717, 1.165) is 6.42 Å². The van der Waals surface area contributed by atoms with Crippen LogP contribution in [-0.2, 0) is 28.5 Å². The molecule has 0 radical (unpaired) electrons. The molecule has 2 aliphatic rings. The van der Waals surface area contributed by atoms with Crippen molar-refractivity contribution in [3.8, 4) is 0 Å². The number of carbonyl (C=O) groups excluding carboxylic acids is 1. The molecule has 0 aromatic rings. The fourth-order valence-corrected chi connectivity index (χ4v) is 4.74. The molecule has 2 rings (SSSR count). The van der Waals surface area contributed by atoms with E-state index < -0.39 is 23.9 Å². The van der Waals surface area contributed by atoms with Gasteiger partial charge in [-0.1, -0.05) is 20.8 Å². The summed E-state index contributed by atoms with van der Waals surface area (Å²) in [5.41, 5.74) is -0.327. The van der Waals surface area contributed by atoms with Gasteiger partial charge in [0.2, 0.25) is 5.79 Å². The van der Waals surface area contributed by atoms with Crippen molar-refractivity contribution in [2.75, 3.05) is 34.5 Å². The topological polar surface area (TPSA) is 116 Å². The van der Waals surface area contributed by atoms with E-state index in [9.17, 15) is 15.0 Å². The lowest BCUT2D eigenvalue weighted by Crippen LogP contribution is -2.59. The molecule has 2 saturated heterocycles. The predicted molar refractivity (Wildman–Crippen MR) is 118 cm³/mol. The summed E-state index contributed by atoms with van der Waals surface area (Å²) in [6.45, 7) is 8.52. The third kappa shape index (κ3) is 6.20. The lowest BCUT2D eigenvalue weighted by molar-refractivity contribution is -0.308. The van der Waals surface area contributed by atoms with Gasteiger partial charge < -0.3 is 39.2 Å². The molecule has 0 saturated carbocycles.